The van der Waals surface area contributed by atoms with Crippen LogP contribution >= 0.6 is 11.6 Å². The van der Waals surface area contributed by atoms with Crippen molar-refractivity contribution in [2.75, 3.05) is 6.61 Å². The largest absolute Gasteiger partial charge is 0.361 e. The monoisotopic (exact) mass is 333 g/mol. The molecule has 0 spiro atoms. The molecule has 3 aromatic rings. The van der Waals surface area contributed by atoms with Gasteiger partial charge in [0, 0.05) is 31.7 Å². The summed E-state index contributed by atoms with van der Waals surface area (Å²) in [6.07, 6.45) is 1.79. The molecule has 0 aliphatic heterocycles. The van der Waals surface area contributed by atoms with Crippen LogP contribution in [0.1, 0.15) is 0 Å². The van der Waals surface area contributed by atoms with Crippen LogP contribution in [0.3, 0.4) is 0 Å². The number of rotatable bonds is 5. The van der Waals surface area contributed by atoms with Gasteiger partial charge in [0.25, 0.3) is 0 Å². The van der Waals surface area contributed by atoms with E-state index in [9.17, 15) is 0 Å². The molecule has 0 aromatic carbocycles. The van der Waals surface area contributed by atoms with E-state index in [0.717, 1.165) is 34.7 Å². The molecule has 3 heterocycles. The van der Waals surface area contributed by atoms with E-state index in [-0.39, 0.29) is 0 Å². The maximum Gasteiger partial charge on any atom is 0.145 e. The van der Waals surface area contributed by atoms with Crippen molar-refractivity contribution in [3.05, 3.63) is 35.6 Å². The minimum atomic E-state index is -1.08. The first-order valence-electron chi connectivity index (χ1n) is 7.43. The van der Waals surface area contributed by atoms with Crippen molar-refractivity contribution in [1.82, 2.24) is 14.5 Å². The van der Waals surface area contributed by atoms with E-state index in [4.69, 9.17) is 16.3 Å². The van der Waals surface area contributed by atoms with Crippen LogP contribution in [0.25, 0.3) is 22.1 Å². The van der Waals surface area contributed by atoms with Crippen molar-refractivity contribution in [3.8, 4) is 0 Å². The smallest absolute Gasteiger partial charge is 0.145 e. The maximum absolute atomic E-state index is 6.06. The van der Waals surface area contributed by atoms with Crippen LogP contribution < -0.4 is 0 Å². The molecular formula is C16H20ClN3OSi. The van der Waals surface area contributed by atoms with Gasteiger partial charge in [0.15, 0.2) is 0 Å². The summed E-state index contributed by atoms with van der Waals surface area (Å²) in [7, 11) is -1.08. The van der Waals surface area contributed by atoms with Gasteiger partial charge in [0.05, 0.1) is 0 Å². The molecule has 4 nitrogen and oxygen atoms in total. The number of nitrogens with zero attached hydrogens (tertiary/aromatic N) is 3. The van der Waals surface area contributed by atoms with Crippen molar-refractivity contribution >= 4 is 41.7 Å². The van der Waals surface area contributed by atoms with E-state index in [1.165, 1.54) is 0 Å². The van der Waals surface area contributed by atoms with Crippen molar-refractivity contribution in [1.29, 1.82) is 0 Å². The first-order valence-corrected chi connectivity index (χ1v) is 11.5. The van der Waals surface area contributed by atoms with Crippen LogP contribution in [0.2, 0.25) is 30.8 Å². The predicted molar refractivity (Wildman–Crippen MR) is 94.1 cm³/mol. The van der Waals surface area contributed by atoms with Gasteiger partial charge in [0.1, 0.15) is 23.2 Å². The van der Waals surface area contributed by atoms with Gasteiger partial charge in [-0.05, 0) is 30.3 Å². The minimum Gasteiger partial charge on any atom is -0.361 e. The quantitative estimate of drug-likeness (QED) is 0.390. The molecule has 0 bridgehead atoms. The van der Waals surface area contributed by atoms with E-state index < -0.39 is 8.07 Å². The Balaban J connectivity index is 1.94. The number of pyridine rings is 2. The second kappa shape index (κ2) is 5.99. The van der Waals surface area contributed by atoms with Gasteiger partial charge < -0.3 is 4.74 Å². The van der Waals surface area contributed by atoms with Gasteiger partial charge in [-0.2, -0.15) is 0 Å². The third-order valence-corrected chi connectivity index (χ3v) is 5.56. The standard InChI is InChI=1S/C16H20ClN3OSi/c1-22(2,3)10-9-21-11-20-15-12(5-4-8-18-15)13-6-7-14(17)19-16(13)20/h4-8H,9-11H2,1-3H3. The Kier molecular flexibility index (Phi) is 4.21. The van der Waals surface area contributed by atoms with Gasteiger partial charge in [-0.1, -0.05) is 31.2 Å². The number of fused-ring (bicyclic) bond motifs is 3. The molecule has 6 heteroatoms. The normalized spacial score (nSPS) is 12.4. The lowest BCUT2D eigenvalue weighted by Gasteiger charge is -2.15. The maximum atomic E-state index is 6.06. The highest BCUT2D eigenvalue weighted by molar-refractivity contribution is 6.76. The van der Waals surface area contributed by atoms with Gasteiger partial charge >= 0.3 is 0 Å². The second-order valence-corrected chi connectivity index (χ2v) is 12.7. The Morgan fingerprint density at radius 1 is 1.14 bits per heavy atom. The van der Waals surface area contributed by atoms with Crippen molar-refractivity contribution in [2.24, 2.45) is 0 Å². The summed E-state index contributed by atoms with van der Waals surface area (Å²) < 4.78 is 7.89. The average Bonchev–Trinajstić information content (AvgIpc) is 2.76. The lowest BCUT2D eigenvalue weighted by atomic mass is 10.2. The molecule has 0 unspecified atom stereocenters. The van der Waals surface area contributed by atoms with Crippen molar-refractivity contribution in [3.63, 3.8) is 0 Å². The zero-order valence-corrected chi connectivity index (χ0v) is 14.9. The lowest BCUT2D eigenvalue weighted by molar-refractivity contribution is 0.0922. The Morgan fingerprint density at radius 2 is 1.91 bits per heavy atom. The number of hydrogen-bond acceptors (Lipinski definition) is 3. The topological polar surface area (TPSA) is 39.9 Å². The Bertz CT molecular complexity index is 810. The molecule has 0 atom stereocenters. The summed E-state index contributed by atoms with van der Waals surface area (Å²) in [6.45, 7) is 8.26. The number of hydrogen-bond donors (Lipinski definition) is 0. The molecule has 3 aromatic heterocycles. The molecule has 0 aliphatic carbocycles. The summed E-state index contributed by atoms with van der Waals surface area (Å²) in [5.41, 5.74) is 1.72. The van der Waals surface area contributed by atoms with Crippen molar-refractivity contribution < 1.29 is 4.74 Å². The average molecular weight is 334 g/mol. The van der Waals surface area contributed by atoms with Crippen LogP contribution in [0.5, 0.6) is 0 Å². The van der Waals surface area contributed by atoms with E-state index in [1.807, 2.05) is 22.8 Å². The van der Waals surface area contributed by atoms with Crippen LogP contribution in [0.15, 0.2) is 30.5 Å². The minimum absolute atomic E-state index is 0.453. The third kappa shape index (κ3) is 3.16. The summed E-state index contributed by atoms with van der Waals surface area (Å²) >= 11 is 6.06. The Hall–Kier alpha value is -1.43. The van der Waals surface area contributed by atoms with E-state index in [1.54, 1.807) is 6.20 Å². The van der Waals surface area contributed by atoms with Gasteiger partial charge in [-0.25, -0.2) is 9.97 Å². The highest BCUT2D eigenvalue weighted by atomic mass is 35.5. The fourth-order valence-corrected chi connectivity index (χ4v) is 3.32. The number of halogens is 1. The molecule has 3 rings (SSSR count). The fourth-order valence-electron chi connectivity index (χ4n) is 2.42. The molecular weight excluding hydrogens is 314 g/mol. The molecule has 0 saturated carbocycles. The molecule has 116 valence electrons. The van der Waals surface area contributed by atoms with Crippen LogP contribution in [0.4, 0.5) is 0 Å². The summed E-state index contributed by atoms with van der Waals surface area (Å²) in [4.78, 5) is 8.94. The molecule has 0 radical (unpaired) electrons. The van der Waals surface area contributed by atoms with Crippen molar-refractivity contribution in [2.45, 2.75) is 32.4 Å². The van der Waals surface area contributed by atoms with E-state index in [0.29, 0.717) is 11.9 Å². The zero-order chi connectivity index (χ0) is 15.7. The highest BCUT2D eigenvalue weighted by Gasteiger charge is 2.15. The van der Waals surface area contributed by atoms with Gasteiger partial charge in [-0.15, -0.1) is 0 Å². The molecule has 22 heavy (non-hydrogen) atoms. The third-order valence-electron chi connectivity index (χ3n) is 3.65. The van der Waals surface area contributed by atoms with Gasteiger partial charge in [-0.3, -0.25) is 4.57 Å². The predicted octanol–water partition coefficient (Wildman–Crippen LogP) is 4.55. The number of ether oxygens (including phenoxy) is 1. The van der Waals surface area contributed by atoms with Crippen LogP contribution in [-0.2, 0) is 11.5 Å². The highest BCUT2D eigenvalue weighted by Crippen LogP contribution is 2.27. The molecule has 0 N–H and O–H groups in total. The van der Waals surface area contributed by atoms with E-state index in [2.05, 4.69) is 35.7 Å². The van der Waals surface area contributed by atoms with Gasteiger partial charge in [0.2, 0.25) is 0 Å². The second-order valence-electron chi connectivity index (χ2n) is 6.66. The van der Waals surface area contributed by atoms with Crippen LogP contribution in [-0.4, -0.2) is 29.2 Å². The SMILES string of the molecule is C[Si](C)(C)CCOCn1c2ncccc2c2ccc(Cl)nc21. The molecule has 0 amide bonds. The Morgan fingerprint density at radius 3 is 2.68 bits per heavy atom. The number of aromatic nitrogens is 3. The molecule has 0 saturated heterocycles. The fraction of sp³-hybridized carbons (Fsp3) is 0.375. The first-order chi connectivity index (χ1) is 10.5. The Labute approximate surface area is 136 Å². The lowest BCUT2D eigenvalue weighted by Crippen LogP contribution is -2.22. The first kappa shape index (κ1) is 15.5. The molecule has 0 aliphatic rings. The molecule has 0 fully saturated rings. The van der Waals surface area contributed by atoms with E-state index >= 15 is 0 Å². The summed E-state index contributed by atoms with van der Waals surface area (Å²) in [6, 6.07) is 8.94. The zero-order valence-electron chi connectivity index (χ0n) is 13.1. The summed E-state index contributed by atoms with van der Waals surface area (Å²) in [5, 5.41) is 2.62. The van der Waals surface area contributed by atoms with Crippen LogP contribution in [0, 0.1) is 0 Å². The summed E-state index contributed by atoms with van der Waals surface area (Å²) in [5.74, 6) is 0.